The number of aromatic nitrogens is 1. The number of fused-ring (bicyclic) bond motifs is 1. The van der Waals surface area contributed by atoms with Gasteiger partial charge in [-0.3, -0.25) is 19.6 Å². The first-order chi connectivity index (χ1) is 14.1. The number of rotatable bonds is 4. The highest BCUT2D eigenvalue weighted by Gasteiger charge is 2.44. The third-order valence-corrected chi connectivity index (χ3v) is 5.67. The highest BCUT2D eigenvalue weighted by molar-refractivity contribution is 7.07. The molecule has 1 N–H and O–H groups in total. The van der Waals surface area contributed by atoms with Crippen molar-refractivity contribution in [2.24, 2.45) is 5.92 Å². The van der Waals surface area contributed by atoms with Gasteiger partial charge in [0.25, 0.3) is 5.56 Å². The Morgan fingerprint density at radius 1 is 1.38 bits per heavy atom. The highest BCUT2D eigenvalue weighted by Crippen LogP contribution is 2.36. The Bertz CT molecular complexity index is 1290. The maximum absolute atomic E-state index is 13.0. The fourth-order valence-electron chi connectivity index (χ4n) is 3.35. The fraction of sp³-hybridized carbons (Fsp3) is 0.200. The van der Waals surface area contributed by atoms with Crippen molar-refractivity contribution < 1.29 is 18.4 Å². The first kappa shape index (κ1) is 18.7. The molecule has 0 saturated carbocycles. The van der Waals surface area contributed by atoms with Crippen LogP contribution < -0.4 is 14.8 Å². The summed E-state index contributed by atoms with van der Waals surface area (Å²) in [6, 6.07) is 8.77. The monoisotopic (exact) mass is 409 g/mol. The van der Waals surface area contributed by atoms with Gasteiger partial charge >= 0.3 is 5.97 Å². The highest BCUT2D eigenvalue weighted by atomic mass is 32.1. The van der Waals surface area contributed by atoms with E-state index in [-0.39, 0.29) is 22.5 Å². The minimum atomic E-state index is -1.17. The average Bonchev–Trinajstić information content (AvgIpc) is 3.45. The van der Waals surface area contributed by atoms with E-state index in [9.17, 15) is 14.9 Å². The van der Waals surface area contributed by atoms with Gasteiger partial charge in [0.05, 0.1) is 41.2 Å². The van der Waals surface area contributed by atoms with Crippen LogP contribution in [-0.2, 0) is 9.53 Å². The van der Waals surface area contributed by atoms with Gasteiger partial charge in [-0.2, -0.15) is 5.26 Å². The number of carbonyl (C=O) groups excluding carboxylic acids is 1. The lowest BCUT2D eigenvalue weighted by Crippen LogP contribution is -2.49. The summed E-state index contributed by atoms with van der Waals surface area (Å²) in [4.78, 5) is 25.7. The zero-order valence-corrected chi connectivity index (χ0v) is 16.1. The van der Waals surface area contributed by atoms with Crippen LogP contribution in [0.1, 0.15) is 24.4 Å². The van der Waals surface area contributed by atoms with Gasteiger partial charge in [0.1, 0.15) is 27.9 Å². The molecule has 4 heterocycles. The summed E-state index contributed by atoms with van der Waals surface area (Å²) in [5.41, 5.74) is -0.318. The topological polar surface area (TPSA) is 122 Å². The van der Waals surface area contributed by atoms with E-state index < -0.39 is 23.4 Å². The second kappa shape index (κ2) is 7.41. The van der Waals surface area contributed by atoms with Crippen LogP contribution in [0.3, 0.4) is 0 Å². The summed E-state index contributed by atoms with van der Waals surface area (Å²) in [5.74, 6) is -2.14. The number of carbonyl (C=O) groups is 1. The second-order valence-corrected chi connectivity index (χ2v) is 7.24. The number of nitriles is 1. The van der Waals surface area contributed by atoms with Gasteiger partial charge in [-0.15, -0.1) is 11.3 Å². The van der Waals surface area contributed by atoms with E-state index >= 15 is 0 Å². The predicted octanol–water partition coefficient (Wildman–Crippen LogP) is 1.40. The minimum Gasteiger partial charge on any atom is -0.469 e. The van der Waals surface area contributed by atoms with Gasteiger partial charge < -0.3 is 13.6 Å². The maximum Gasteiger partial charge on any atom is 0.317 e. The van der Waals surface area contributed by atoms with Crippen molar-refractivity contribution in [3.05, 3.63) is 67.9 Å². The third-order valence-electron chi connectivity index (χ3n) is 4.56. The molecule has 0 amide bonds. The molecule has 0 fully saturated rings. The summed E-state index contributed by atoms with van der Waals surface area (Å²) in [6.07, 6.45) is 4.46. The van der Waals surface area contributed by atoms with Crippen LogP contribution in [0.25, 0.3) is 11.6 Å². The summed E-state index contributed by atoms with van der Waals surface area (Å²) < 4.78 is 17.5. The molecule has 29 heavy (non-hydrogen) atoms. The lowest BCUT2D eigenvalue weighted by atomic mass is 9.81. The molecule has 1 aliphatic heterocycles. The molecular formula is C20H15N3O5S. The molecule has 0 aliphatic carbocycles. The molecule has 0 spiro atoms. The normalized spacial score (nSPS) is 19.1. The van der Waals surface area contributed by atoms with Crippen molar-refractivity contribution in [2.45, 2.75) is 12.8 Å². The summed E-state index contributed by atoms with van der Waals surface area (Å²) >= 11 is 1.07. The van der Waals surface area contributed by atoms with Crippen molar-refractivity contribution in [2.75, 3.05) is 6.61 Å². The Hall–Kier alpha value is -3.64. The summed E-state index contributed by atoms with van der Waals surface area (Å²) in [6.45, 7) is 1.76. The Labute approximate surface area is 168 Å². The zero-order valence-electron chi connectivity index (χ0n) is 15.2. The van der Waals surface area contributed by atoms with Crippen molar-refractivity contribution >= 4 is 34.8 Å². The van der Waals surface area contributed by atoms with Gasteiger partial charge in [0.2, 0.25) is 0 Å². The van der Waals surface area contributed by atoms with Crippen molar-refractivity contribution in [3.63, 3.8) is 0 Å². The fourth-order valence-corrected chi connectivity index (χ4v) is 4.47. The summed E-state index contributed by atoms with van der Waals surface area (Å²) in [7, 11) is 0. The molecular weight excluding hydrogens is 394 g/mol. The van der Waals surface area contributed by atoms with Crippen LogP contribution in [0.15, 0.2) is 50.4 Å². The van der Waals surface area contributed by atoms with E-state index in [0.717, 1.165) is 15.9 Å². The molecule has 9 heteroatoms. The molecule has 0 radical (unpaired) electrons. The average molecular weight is 409 g/mol. The van der Waals surface area contributed by atoms with Gasteiger partial charge in [0, 0.05) is 6.08 Å². The third kappa shape index (κ3) is 3.03. The van der Waals surface area contributed by atoms with Crippen LogP contribution >= 0.6 is 11.3 Å². The number of hydrogen-bond donors (Lipinski definition) is 1. The van der Waals surface area contributed by atoms with E-state index in [1.165, 1.54) is 12.5 Å². The Balaban J connectivity index is 2.03. The van der Waals surface area contributed by atoms with E-state index in [4.69, 9.17) is 19.0 Å². The number of ether oxygens (including phenoxy) is 1. The number of furan rings is 2. The Morgan fingerprint density at radius 2 is 2.14 bits per heavy atom. The van der Waals surface area contributed by atoms with Gasteiger partial charge in [0.15, 0.2) is 0 Å². The smallest absolute Gasteiger partial charge is 0.317 e. The predicted molar refractivity (Wildman–Crippen MR) is 104 cm³/mol. The molecule has 2 unspecified atom stereocenters. The van der Waals surface area contributed by atoms with E-state index in [0.29, 0.717) is 16.2 Å². The maximum atomic E-state index is 13.0. The minimum absolute atomic E-state index is 0.109. The molecule has 2 atom stereocenters. The number of thiazole rings is 1. The molecule has 0 saturated heterocycles. The number of hydrogen-bond acceptors (Lipinski definition) is 8. The Morgan fingerprint density at radius 3 is 2.76 bits per heavy atom. The molecule has 0 bridgehead atoms. The van der Waals surface area contributed by atoms with E-state index in [1.54, 1.807) is 37.3 Å². The van der Waals surface area contributed by atoms with E-state index in [2.05, 4.69) is 6.07 Å². The quantitative estimate of drug-likeness (QED) is 0.650. The molecule has 4 rings (SSSR count). The lowest BCUT2D eigenvalue weighted by molar-refractivity contribution is -0.146. The van der Waals surface area contributed by atoms with Crippen molar-refractivity contribution in [1.29, 1.82) is 10.7 Å². The standard InChI is InChI=1S/C20H15N3O5S/c1-2-26-20(25)16-15(13-6-4-8-28-13)12(10-21)19-23(17(16)22)18(24)14(29-19)9-11-5-3-7-27-11/h3-9,15-16,22H,2H2,1H3/b14-9-,22-17?. The summed E-state index contributed by atoms with van der Waals surface area (Å²) in [5, 5.41) is 18.5. The second-order valence-electron chi connectivity index (χ2n) is 6.21. The van der Waals surface area contributed by atoms with Gasteiger partial charge in [-0.25, -0.2) is 0 Å². The van der Waals surface area contributed by atoms with Gasteiger partial charge in [-0.05, 0) is 31.2 Å². The zero-order chi connectivity index (χ0) is 20.5. The number of nitrogens with zero attached hydrogens (tertiary/aromatic N) is 2. The first-order valence-corrected chi connectivity index (χ1v) is 9.58. The molecule has 1 aliphatic rings. The van der Waals surface area contributed by atoms with Crippen molar-refractivity contribution in [3.8, 4) is 6.07 Å². The van der Waals surface area contributed by atoms with Gasteiger partial charge in [-0.1, -0.05) is 0 Å². The van der Waals surface area contributed by atoms with Crippen LogP contribution in [0.2, 0.25) is 0 Å². The lowest BCUT2D eigenvalue weighted by Gasteiger charge is -2.27. The molecule has 8 nitrogen and oxygen atoms in total. The van der Waals surface area contributed by atoms with E-state index in [1.807, 2.05) is 0 Å². The molecule has 146 valence electrons. The van der Waals surface area contributed by atoms with Crippen LogP contribution in [0.5, 0.6) is 0 Å². The molecule has 3 aromatic rings. The first-order valence-electron chi connectivity index (χ1n) is 8.77. The molecule has 3 aromatic heterocycles. The number of esters is 1. The largest absolute Gasteiger partial charge is 0.469 e. The van der Waals surface area contributed by atoms with Crippen LogP contribution in [-0.4, -0.2) is 23.0 Å². The Kier molecular flexibility index (Phi) is 4.78. The SMILES string of the molecule is CCOC(=O)C1C(=N)n2c(s/c(=C\c3ccco3)c2=O)=C(C#N)C1c1ccco1. The van der Waals surface area contributed by atoms with Crippen LogP contribution in [0.4, 0.5) is 0 Å². The van der Waals surface area contributed by atoms with Crippen molar-refractivity contribution in [1.82, 2.24) is 4.57 Å². The molecule has 0 aromatic carbocycles. The van der Waals surface area contributed by atoms with Crippen LogP contribution in [0, 0.1) is 22.7 Å². The number of nitrogens with one attached hydrogen (secondary N) is 1.